The number of hydrogen-bond acceptors (Lipinski definition) is 2. The first kappa shape index (κ1) is 9.95. The molecule has 0 saturated heterocycles. The van der Waals surface area contributed by atoms with Gasteiger partial charge in [0.1, 0.15) is 0 Å². The van der Waals surface area contributed by atoms with Gasteiger partial charge in [-0.1, -0.05) is 29.8 Å². The molecule has 0 aliphatic heterocycles. The van der Waals surface area contributed by atoms with E-state index in [-0.39, 0.29) is 0 Å². The van der Waals surface area contributed by atoms with Crippen LogP contribution in [0.3, 0.4) is 0 Å². The summed E-state index contributed by atoms with van der Waals surface area (Å²) in [6, 6.07) is 8.22. The molecule has 0 bridgehead atoms. The van der Waals surface area contributed by atoms with Crippen LogP contribution in [0.5, 0.6) is 0 Å². The van der Waals surface area contributed by atoms with Gasteiger partial charge in [-0.05, 0) is 24.7 Å². The van der Waals surface area contributed by atoms with E-state index in [1.165, 1.54) is 11.1 Å². The molecule has 13 heavy (non-hydrogen) atoms. The molecule has 0 radical (unpaired) electrons. The number of benzene rings is 1. The fourth-order valence-corrected chi connectivity index (χ4v) is 1.13. The molecule has 0 unspecified atom stereocenters. The lowest BCUT2D eigenvalue weighted by Gasteiger charge is -2.06. The zero-order valence-electron chi connectivity index (χ0n) is 7.50. The van der Waals surface area contributed by atoms with Crippen LogP contribution in [0.15, 0.2) is 24.3 Å². The van der Waals surface area contributed by atoms with Crippen molar-refractivity contribution in [1.29, 1.82) is 0 Å². The SMILES string of the molecule is Cc1cccc(CNC(=S)NN)c1. The molecular formula is C9H13N3S. The summed E-state index contributed by atoms with van der Waals surface area (Å²) in [7, 11) is 0. The van der Waals surface area contributed by atoms with Crippen molar-refractivity contribution >= 4 is 17.3 Å². The summed E-state index contributed by atoms with van der Waals surface area (Å²) in [4.78, 5) is 0. The second kappa shape index (κ2) is 4.79. The second-order valence-corrected chi connectivity index (χ2v) is 3.22. The highest BCUT2D eigenvalue weighted by Gasteiger charge is 1.93. The molecule has 0 spiro atoms. The van der Waals surface area contributed by atoms with E-state index in [1.54, 1.807) is 0 Å². The Kier molecular flexibility index (Phi) is 3.67. The fourth-order valence-electron chi connectivity index (χ4n) is 1.06. The van der Waals surface area contributed by atoms with E-state index in [0.29, 0.717) is 11.7 Å². The number of rotatable bonds is 2. The van der Waals surface area contributed by atoms with Crippen LogP contribution in [0.1, 0.15) is 11.1 Å². The van der Waals surface area contributed by atoms with Gasteiger partial charge in [0, 0.05) is 6.54 Å². The van der Waals surface area contributed by atoms with Gasteiger partial charge in [0.2, 0.25) is 0 Å². The Labute approximate surface area is 83.3 Å². The zero-order chi connectivity index (χ0) is 9.68. The number of nitrogens with one attached hydrogen (secondary N) is 2. The normalized spacial score (nSPS) is 9.38. The summed E-state index contributed by atoms with van der Waals surface area (Å²) in [5.74, 6) is 5.11. The molecule has 0 aliphatic carbocycles. The third-order valence-electron chi connectivity index (χ3n) is 1.67. The van der Waals surface area contributed by atoms with E-state index in [4.69, 9.17) is 18.1 Å². The predicted molar refractivity (Wildman–Crippen MR) is 57.9 cm³/mol. The minimum Gasteiger partial charge on any atom is -0.358 e. The minimum absolute atomic E-state index is 0.460. The van der Waals surface area contributed by atoms with Crippen LogP contribution in [0.4, 0.5) is 0 Å². The van der Waals surface area contributed by atoms with Crippen LogP contribution in [-0.4, -0.2) is 5.11 Å². The van der Waals surface area contributed by atoms with Crippen molar-refractivity contribution in [3.05, 3.63) is 35.4 Å². The topological polar surface area (TPSA) is 50.1 Å². The van der Waals surface area contributed by atoms with Crippen LogP contribution >= 0.6 is 12.2 Å². The van der Waals surface area contributed by atoms with Gasteiger partial charge in [-0.25, -0.2) is 5.84 Å². The summed E-state index contributed by atoms with van der Waals surface area (Å²) < 4.78 is 0. The van der Waals surface area contributed by atoms with Crippen LogP contribution in [-0.2, 0) is 6.54 Å². The molecule has 4 heteroatoms. The van der Waals surface area contributed by atoms with Crippen molar-refractivity contribution in [1.82, 2.24) is 10.7 Å². The molecule has 0 aromatic heterocycles. The maximum absolute atomic E-state index is 5.11. The van der Waals surface area contributed by atoms with Gasteiger partial charge in [0.25, 0.3) is 0 Å². The van der Waals surface area contributed by atoms with Crippen LogP contribution in [0, 0.1) is 6.92 Å². The first-order valence-corrected chi connectivity index (χ1v) is 4.43. The standard InChI is InChI=1S/C9H13N3S/c1-7-3-2-4-8(5-7)6-11-9(13)12-10/h2-5H,6,10H2,1H3,(H2,11,12,13). The van der Waals surface area contributed by atoms with Crippen molar-refractivity contribution in [2.75, 3.05) is 0 Å². The van der Waals surface area contributed by atoms with Crippen molar-refractivity contribution in [3.8, 4) is 0 Å². The molecule has 70 valence electrons. The molecule has 4 N–H and O–H groups in total. The van der Waals surface area contributed by atoms with E-state index >= 15 is 0 Å². The minimum atomic E-state index is 0.460. The van der Waals surface area contributed by atoms with Crippen molar-refractivity contribution in [2.24, 2.45) is 5.84 Å². The quantitative estimate of drug-likeness (QED) is 0.372. The van der Waals surface area contributed by atoms with Gasteiger partial charge in [-0.15, -0.1) is 0 Å². The van der Waals surface area contributed by atoms with Gasteiger partial charge in [0.05, 0.1) is 0 Å². The summed E-state index contributed by atoms with van der Waals surface area (Å²) >= 11 is 4.84. The lowest BCUT2D eigenvalue weighted by Crippen LogP contribution is -2.39. The molecule has 0 atom stereocenters. The van der Waals surface area contributed by atoms with E-state index in [1.807, 2.05) is 12.1 Å². The molecule has 0 aliphatic rings. The molecule has 0 fully saturated rings. The predicted octanol–water partition coefficient (Wildman–Crippen LogP) is 0.833. The molecular weight excluding hydrogens is 182 g/mol. The Morgan fingerprint density at radius 2 is 2.31 bits per heavy atom. The summed E-state index contributed by atoms with van der Waals surface area (Å²) in [5.41, 5.74) is 4.80. The average Bonchev–Trinajstić information content (AvgIpc) is 2.14. The maximum Gasteiger partial charge on any atom is 0.180 e. The molecule has 1 aromatic rings. The second-order valence-electron chi connectivity index (χ2n) is 2.82. The Balaban J connectivity index is 2.50. The molecule has 0 amide bonds. The molecule has 0 heterocycles. The largest absolute Gasteiger partial charge is 0.358 e. The van der Waals surface area contributed by atoms with Gasteiger partial charge in [-0.3, -0.25) is 0 Å². The first-order chi connectivity index (χ1) is 6.22. The number of hydrogen-bond donors (Lipinski definition) is 3. The maximum atomic E-state index is 5.11. The zero-order valence-corrected chi connectivity index (χ0v) is 8.32. The monoisotopic (exact) mass is 195 g/mol. The van der Waals surface area contributed by atoms with Gasteiger partial charge >= 0.3 is 0 Å². The third-order valence-corrected chi connectivity index (χ3v) is 1.93. The van der Waals surface area contributed by atoms with Crippen LogP contribution in [0.25, 0.3) is 0 Å². The molecule has 3 nitrogen and oxygen atoms in total. The van der Waals surface area contributed by atoms with Gasteiger partial charge in [0.15, 0.2) is 5.11 Å². The fraction of sp³-hybridized carbons (Fsp3) is 0.222. The average molecular weight is 195 g/mol. The van der Waals surface area contributed by atoms with Crippen molar-refractivity contribution in [2.45, 2.75) is 13.5 Å². The van der Waals surface area contributed by atoms with E-state index in [0.717, 1.165) is 0 Å². The Morgan fingerprint density at radius 3 is 2.92 bits per heavy atom. The summed E-state index contributed by atoms with van der Waals surface area (Å²) in [6.45, 7) is 2.76. The lowest BCUT2D eigenvalue weighted by molar-refractivity contribution is 0.865. The van der Waals surface area contributed by atoms with E-state index < -0.39 is 0 Å². The molecule has 0 saturated carbocycles. The number of hydrazine groups is 1. The summed E-state index contributed by atoms with van der Waals surface area (Å²) in [6.07, 6.45) is 0. The highest BCUT2D eigenvalue weighted by molar-refractivity contribution is 7.80. The summed E-state index contributed by atoms with van der Waals surface area (Å²) in [5, 5.41) is 3.43. The van der Waals surface area contributed by atoms with Gasteiger partial charge < -0.3 is 10.7 Å². The Hall–Kier alpha value is -1.13. The van der Waals surface area contributed by atoms with Crippen LogP contribution < -0.4 is 16.6 Å². The number of aryl methyl sites for hydroxylation is 1. The van der Waals surface area contributed by atoms with Crippen molar-refractivity contribution in [3.63, 3.8) is 0 Å². The molecule has 1 aromatic carbocycles. The van der Waals surface area contributed by atoms with E-state index in [9.17, 15) is 0 Å². The third kappa shape index (κ3) is 3.40. The smallest absolute Gasteiger partial charge is 0.180 e. The Morgan fingerprint density at radius 1 is 1.54 bits per heavy atom. The van der Waals surface area contributed by atoms with Crippen LogP contribution in [0.2, 0.25) is 0 Å². The first-order valence-electron chi connectivity index (χ1n) is 4.02. The highest BCUT2D eigenvalue weighted by atomic mass is 32.1. The number of thiocarbonyl (C=S) groups is 1. The molecule has 1 rings (SSSR count). The Bertz CT molecular complexity index is 299. The van der Waals surface area contributed by atoms with Crippen molar-refractivity contribution < 1.29 is 0 Å². The van der Waals surface area contributed by atoms with E-state index in [2.05, 4.69) is 29.8 Å². The lowest BCUT2D eigenvalue weighted by atomic mass is 10.1. The van der Waals surface area contributed by atoms with Gasteiger partial charge in [-0.2, -0.15) is 0 Å². The highest BCUT2D eigenvalue weighted by Crippen LogP contribution is 2.02. The number of nitrogens with two attached hydrogens (primary N) is 1.